The molecule has 0 aromatic heterocycles. The van der Waals surface area contributed by atoms with Crippen LogP contribution in [0.2, 0.25) is 0 Å². The van der Waals surface area contributed by atoms with Gasteiger partial charge in [-0.25, -0.2) is 0 Å². The van der Waals surface area contributed by atoms with Crippen LogP contribution in [0.4, 0.5) is 0 Å². The van der Waals surface area contributed by atoms with Crippen molar-refractivity contribution in [1.82, 2.24) is 0 Å². The summed E-state index contributed by atoms with van der Waals surface area (Å²) in [5.41, 5.74) is 0. The summed E-state index contributed by atoms with van der Waals surface area (Å²) in [5, 5.41) is 8.51. The number of carboxylic acid groups (broad SMARTS) is 1. The molecule has 0 aliphatic carbocycles. The first-order valence-corrected chi connectivity index (χ1v) is 10.2. The zero-order chi connectivity index (χ0) is 15.6. The quantitative estimate of drug-likeness (QED) is 0.238. The van der Waals surface area contributed by atoms with Gasteiger partial charge in [-0.3, -0.25) is 4.79 Å². The van der Waals surface area contributed by atoms with Gasteiger partial charge in [-0.2, -0.15) is 11.8 Å². The Balaban J connectivity index is 0. The van der Waals surface area contributed by atoms with Gasteiger partial charge >= 0.3 is 5.97 Å². The van der Waals surface area contributed by atoms with E-state index >= 15 is 0 Å². The number of aliphatic carboxylic acids is 1. The van der Waals surface area contributed by atoms with Crippen molar-refractivity contribution in [2.45, 2.75) is 96.8 Å². The smallest absolute Gasteiger partial charge is 0.313 e. The van der Waals surface area contributed by atoms with Crippen LogP contribution in [0.1, 0.15) is 96.8 Å². The summed E-state index contributed by atoms with van der Waals surface area (Å²) >= 11 is 1.55. The molecule has 0 rings (SSSR count). The number of carbonyl (C=O) groups is 1. The fraction of sp³-hybridized carbons (Fsp3) is 0.944. The molecule has 0 saturated heterocycles. The van der Waals surface area contributed by atoms with Gasteiger partial charge in [0.05, 0.1) is 5.75 Å². The van der Waals surface area contributed by atoms with Crippen LogP contribution in [-0.2, 0) is 24.3 Å². The van der Waals surface area contributed by atoms with Crippen LogP contribution in [0.5, 0.6) is 0 Å². The van der Waals surface area contributed by atoms with Crippen LogP contribution in [0.25, 0.3) is 0 Å². The molecule has 0 radical (unpaired) electrons. The Morgan fingerprint density at radius 2 is 1.09 bits per heavy atom. The van der Waals surface area contributed by atoms with E-state index in [-0.39, 0.29) is 25.2 Å². The van der Waals surface area contributed by atoms with Crippen LogP contribution < -0.4 is 0 Å². The number of carboxylic acids is 1. The van der Waals surface area contributed by atoms with Crippen molar-refractivity contribution in [3.05, 3.63) is 0 Å². The molecule has 0 heterocycles. The Kier molecular flexibility index (Phi) is 24.1. The Bertz CT molecular complexity index is 225. The molecular formula is C18H36O2SZn. The van der Waals surface area contributed by atoms with Crippen LogP contribution in [0, 0.1) is 0 Å². The SMILES string of the molecule is CCCCCCCCCCCCCCCCSCC(=O)O.[Zn]. The molecule has 128 valence electrons. The van der Waals surface area contributed by atoms with Gasteiger partial charge in [0.2, 0.25) is 0 Å². The molecular weight excluding hydrogens is 346 g/mol. The summed E-state index contributed by atoms with van der Waals surface area (Å²) in [4.78, 5) is 10.3. The maximum Gasteiger partial charge on any atom is 0.313 e. The Hall–Kier alpha value is 0.443. The molecule has 0 unspecified atom stereocenters. The zero-order valence-corrected chi connectivity index (χ0v) is 18.6. The molecule has 0 fully saturated rings. The molecule has 0 aliphatic rings. The predicted octanol–water partition coefficient (Wildman–Crippen LogP) is 6.28. The average molecular weight is 382 g/mol. The number of rotatable bonds is 17. The molecule has 0 aliphatic heterocycles. The van der Waals surface area contributed by atoms with Crippen LogP contribution in [-0.4, -0.2) is 22.6 Å². The molecule has 0 amide bonds. The topological polar surface area (TPSA) is 37.3 Å². The Morgan fingerprint density at radius 1 is 0.727 bits per heavy atom. The third-order valence-corrected chi connectivity index (χ3v) is 4.90. The van der Waals surface area contributed by atoms with E-state index in [0.29, 0.717) is 0 Å². The van der Waals surface area contributed by atoms with E-state index in [2.05, 4.69) is 6.92 Å². The van der Waals surface area contributed by atoms with Crippen molar-refractivity contribution >= 4 is 17.7 Å². The second-order valence-corrected chi connectivity index (χ2v) is 7.15. The predicted molar refractivity (Wildman–Crippen MR) is 95.3 cm³/mol. The largest absolute Gasteiger partial charge is 0.481 e. The fourth-order valence-electron chi connectivity index (χ4n) is 2.56. The summed E-state index contributed by atoms with van der Waals surface area (Å²) in [7, 11) is 0. The Labute approximate surface area is 155 Å². The Morgan fingerprint density at radius 3 is 1.45 bits per heavy atom. The van der Waals surface area contributed by atoms with Crippen molar-refractivity contribution < 1.29 is 29.4 Å². The summed E-state index contributed by atoms with van der Waals surface area (Å²) in [5.74, 6) is 0.577. The summed E-state index contributed by atoms with van der Waals surface area (Å²) in [6, 6.07) is 0. The van der Waals surface area contributed by atoms with Gasteiger partial charge < -0.3 is 5.11 Å². The van der Waals surface area contributed by atoms with Crippen molar-refractivity contribution in [3.8, 4) is 0 Å². The standard InChI is InChI=1S/C18H36O2S.Zn/c1-2-3-4-5-6-7-8-9-10-11-12-13-14-15-16-21-17-18(19)20;/h2-17H2,1H3,(H,19,20);. The van der Waals surface area contributed by atoms with E-state index in [1.54, 1.807) is 11.8 Å². The first-order chi connectivity index (χ1) is 10.3. The summed E-state index contributed by atoms with van der Waals surface area (Å²) in [6.07, 6.45) is 19.3. The monoisotopic (exact) mass is 380 g/mol. The minimum Gasteiger partial charge on any atom is -0.481 e. The third kappa shape index (κ3) is 22.7. The van der Waals surface area contributed by atoms with Crippen LogP contribution in [0.3, 0.4) is 0 Å². The van der Waals surface area contributed by atoms with Gasteiger partial charge in [-0.1, -0.05) is 90.4 Å². The van der Waals surface area contributed by atoms with E-state index in [4.69, 9.17) is 5.11 Å². The van der Waals surface area contributed by atoms with Gasteiger partial charge in [0.25, 0.3) is 0 Å². The molecule has 2 nitrogen and oxygen atoms in total. The van der Waals surface area contributed by atoms with E-state index in [9.17, 15) is 4.79 Å². The summed E-state index contributed by atoms with van der Waals surface area (Å²) in [6.45, 7) is 2.27. The summed E-state index contributed by atoms with van der Waals surface area (Å²) < 4.78 is 0. The van der Waals surface area contributed by atoms with Crippen LogP contribution in [0.15, 0.2) is 0 Å². The van der Waals surface area contributed by atoms with Gasteiger partial charge in [0.15, 0.2) is 0 Å². The number of hydrogen-bond acceptors (Lipinski definition) is 2. The zero-order valence-electron chi connectivity index (χ0n) is 14.8. The second kappa shape index (κ2) is 21.4. The molecule has 0 atom stereocenters. The third-order valence-electron chi connectivity index (χ3n) is 3.87. The minimum atomic E-state index is -0.689. The molecule has 22 heavy (non-hydrogen) atoms. The van der Waals surface area contributed by atoms with E-state index in [0.717, 1.165) is 5.75 Å². The van der Waals surface area contributed by atoms with Gasteiger partial charge in [0.1, 0.15) is 0 Å². The van der Waals surface area contributed by atoms with Crippen LogP contribution >= 0.6 is 11.8 Å². The molecule has 0 bridgehead atoms. The fourth-order valence-corrected chi connectivity index (χ4v) is 3.29. The van der Waals surface area contributed by atoms with Crippen molar-refractivity contribution in [2.24, 2.45) is 0 Å². The molecule has 0 aromatic rings. The van der Waals surface area contributed by atoms with Crippen molar-refractivity contribution in [3.63, 3.8) is 0 Å². The maximum atomic E-state index is 10.3. The van der Waals surface area contributed by atoms with Gasteiger partial charge in [-0.05, 0) is 12.2 Å². The van der Waals surface area contributed by atoms with Gasteiger partial charge in [0, 0.05) is 19.5 Å². The van der Waals surface area contributed by atoms with Crippen molar-refractivity contribution in [1.29, 1.82) is 0 Å². The second-order valence-electron chi connectivity index (χ2n) is 6.04. The molecule has 0 aromatic carbocycles. The van der Waals surface area contributed by atoms with E-state index in [1.165, 1.54) is 89.9 Å². The van der Waals surface area contributed by atoms with Crippen molar-refractivity contribution in [2.75, 3.05) is 11.5 Å². The molecule has 4 heteroatoms. The van der Waals surface area contributed by atoms with E-state index < -0.39 is 5.97 Å². The minimum absolute atomic E-state index is 0. The normalized spacial score (nSPS) is 10.4. The molecule has 1 N–H and O–H groups in total. The molecule has 0 spiro atoms. The number of thioether (sulfide) groups is 1. The number of unbranched alkanes of at least 4 members (excludes halogenated alkanes) is 13. The first-order valence-electron chi connectivity index (χ1n) is 9.07. The van der Waals surface area contributed by atoms with Gasteiger partial charge in [-0.15, -0.1) is 0 Å². The molecule has 0 saturated carbocycles. The first kappa shape index (κ1) is 24.7. The average Bonchev–Trinajstić information content (AvgIpc) is 2.46. The maximum absolute atomic E-state index is 10.3. The number of hydrogen-bond donors (Lipinski definition) is 1. The van der Waals surface area contributed by atoms with E-state index in [1.807, 2.05) is 0 Å².